The van der Waals surface area contributed by atoms with E-state index in [2.05, 4.69) is 22.5 Å². The number of benzene rings is 2. The third kappa shape index (κ3) is 6.56. The first-order valence-electron chi connectivity index (χ1n) is 14.8. The third-order valence-electron chi connectivity index (χ3n) is 8.49. The van der Waals surface area contributed by atoms with Crippen molar-refractivity contribution in [1.29, 1.82) is 5.26 Å². The van der Waals surface area contributed by atoms with E-state index in [-0.39, 0.29) is 35.9 Å². The molecule has 1 aliphatic heterocycles. The van der Waals surface area contributed by atoms with Crippen LogP contribution in [-0.4, -0.2) is 53.2 Å². The van der Waals surface area contributed by atoms with Gasteiger partial charge < -0.3 is 25.7 Å². The van der Waals surface area contributed by atoms with Crippen molar-refractivity contribution in [2.24, 2.45) is 5.73 Å². The molecule has 9 heteroatoms. The van der Waals surface area contributed by atoms with Gasteiger partial charge in [0.15, 0.2) is 0 Å². The van der Waals surface area contributed by atoms with E-state index in [1.54, 1.807) is 25.4 Å². The van der Waals surface area contributed by atoms with E-state index in [0.717, 1.165) is 52.6 Å². The topological polar surface area (TPSA) is 123 Å². The predicted octanol–water partition coefficient (Wildman–Crippen LogP) is 5.31. The Morgan fingerprint density at radius 3 is 2.77 bits per heavy atom. The van der Waals surface area contributed by atoms with Crippen molar-refractivity contribution in [2.45, 2.75) is 57.5 Å². The molecule has 3 heterocycles. The normalized spacial score (nSPS) is 15.9. The largest absolute Gasteiger partial charge is 0.385 e. The number of aryl methyl sites for hydroxylation is 2. The molecule has 0 spiro atoms. The highest BCUT2D eigenvalue weighted by atomic mass is 19.1. The molecule has 0 radical (unpaired) electrons. The van der Waals surface area contributed by atoms with Crippen molar-refractivity contribution < 1.29 is 13.9 Å². The van der Waals surface area contributed by atoms with Crippen LogP contribution in [-0.2, 0) is 22.5 Å². The maximum absolute atomic E-state index is 15.0. The van der Waals surface area contributed by atoms with Crippen LogP contribution in [0.15, 0.2) is 54.7 Å². The standard InChI is InChI=1S/C34H39FN6O2/c1-22-29-7-3-8-30(35)33(29)41(14-5-15-43-2)32(22)25-6-4-13-40(21-25)31(42)18-28(37)16-23-9-11-24(12-10-23)27-17-26(19-36)34(38)39-20-27/h3,7-12,17,20,25,28H,4-6,13-16,18,21,37H2,1-2H3,(H2,38,39). The Hall–Kier alpha value is -4.26. The fourth-order valence-corrected chi connectivity index (χ4v) is 6.39. The Morgan fingerprint density at radius 2 is 2.02 bits per heavy atom. The summed E-state index contributed by atoms with van der Waals surface area (Å²) in [6.45, 7) is 4.64. The second kappa shape index (κ2) is 13.4. The van der Waals surface area contributed by atoms with Gasteiger partial charge in [0.05, 0.1) is 11.1 Å². The van der Waals surface area contributed by atoms with Crippen LogP contribution < -0.4 is 11.5 Å². The molecule has 0 aliphatic carbocycles. The van der Waals surface area contributed by atoms with Gasteiger partial charge in [0.2, 0.25) is 5.91 Å². The summed E-state index contributed by atoms with van der Waals surface area (Å²) in [6.07, 6.45) is 5.10. The Labute approximate surface area is 252 Å². The summed E-state index contributed by atoms with van der Waals surface area (Å²) in [5, 5.41) is 10.2. The number of nitriles is 1. The van der Waals surface area contributed by atoms with Gasteiger partial charge in [-0.15, -0.1) is 0 Å². The molecule has 43 heavy (non-hydrogen) atoms. The molecule has 1 aliphatic rings. The van der Waals surface area contributed by atoms with Crippen LogP contribution in [0, 0.1) is 24.1 Å². The molecule has 224 valence electrons. The van der Waals surface area contributed by atoms with Gasteiger partial charge >= 0.3 is 0 Å². The molecule has 1 saturated heterocycles. The van der Waals surface area contributed by atoms with E-state index in [9.17, 15) is 10.1 Å². The molecule has 5 rings (SSSR count). The number of ether oxygens (including phenoxy) is 1. The number of carbonyl (C=O) groups excluding carboxylic acids is 1. The van der Waals surface area contributed by atoms with Gasteiger partial charge in [0.1, 0.15) is 17.7 Å². The predicted molar refractivity (Wildman–Crippen MR) is 167 cm³/mol. The molecule has 1 fully saturated rings. The Bertz CT molecular complexity index is 1640. The van der Waals surface area contributed by atoms with Gasteiger partial charge in [-0.1, -0.05) is 36.4 Å². The number of fused-ring (bicyclic) bond motifs is 1. The first kappa shape index (κ1) is 30.2. The fourth-order valence-electron chi connectivity index (χ4n) is 6.39. The Kier molecular flexibility index (Phi) is 9.39. The van der Waals surface area contributed by atoms with Crippen LogP contribution in [0.2, 0.25) is 0 Å². The number of rotatable bonds is 10. The van der Waals surface area contributed by atoms with E-state index >= 15 is 4.39 Å². The van der Waals surface area contributed by atoms with Crippen molar-refractivity contribution in [3.8, 4) is 17.2 Å². The number of nitrogens with zero attached hydrogens (tertiary/aromatic N) is 4. The average molecular weight is 583 g/mol. The molecule has 4 N–H and O–H groups in total. The minimum absolute atomic E-state index is 0.0525. The monoisotopic (exact) mass is 582 g/mol. The lowest BCUT2D eigenvalue weighted by atomic mass is 9.91. The van der Waals surface area contributed by atoms with E-state index in [1.807, 2.05) is 35.2 Å². The second-order valence-corrected chi connectivity index (χ2v) is 11.5. The third-order valence-corrected chi connectivity index (χ3v) is 8.49. The summed E-state index contributed by atoms with van der Waals surface area (Å²) < 4.78 is 22.4. The zero-order valence-corrected chi connectivity index (χ0v) is 24.9. The van der Waals surface area contributed by atoms with Crippen molar-refractivity contribution in [2.75, 3.05) is 32.5 Å². The maximum Gasteiger partial charge on any atom is 0.224 e. The molecule has 0 saturated carbocycles. The summed E-state index contributed by atoms with van der Waals surface area (Å²) in [5.74, 6) is 0.174. The van der Waals surface area contributed by atoms with Gasteiger partial charge in [-0.25, -0.2) is 9.37 Å². The summed E-state index contributed by atoms with van der Waals surface area (Å²) in [5.41, 5.74) is 18.2. The van der Waals surface area contributed by atoms with Crippen molar-refractivity contribution in [3.05, 3.63) is 82.9 Å². The zero-order chi connectivity index (χ0) is 30.5. The van der Waals surface area contributed by atoms with Crippen LogP contribution in [0.25, 0.3) is 22.0 Å². The van der Waals surface area contributed by atoms with Crippen molar-refractivity contribution in [1.82, 2.24) is 14.5 Å². The molecule has 4 aromatic rings. The van der Waals surface area contributed by atoms with Gasteiger partial charge in [0, 0.05) is 74.6 Å². The molecular formula is C34H39FN6O2. The number of carbonyl (C=O) groups is 1. The number of likely N-dealkylation sites (tertiary alicyclic amines) is 1. The minimum atomic E-state index is -0.321. The highest BCUT2D eigenvalue weighted by Crippen LogP contribution is 2.37. The second-order valence-electron chi connectivity index (χ2n) is 11.5. The van der Waals surface area contributed by atoms with E-state index in [1.165, 1.54) is 6.07 Å². The van der Waals surface area contributed by atoms with Crippen LogP contribution in [0.1, 0.15) is 54.0 Å². The quantitative estimate of drug-likeness (QED) is 0.245. The lowest BCUT2D eigenvalue weighted by Crippen LogP contribution is -2.42. The van der Waals surface area contributed by atoms with E-state index in [0.29, 0.717) is 43.7 Å². The number of nitrogens with two attached hydrogens (primary N) is 2. The lowest BCUT2D eigenvalue weighted by Gasteiger charge is -2.34. The number of methoxy groups -OCH3 is 1. The SMILES string of the molecule is COCCCn1c(C2CCCN(C(=O)CC(N)Cc3ccc(-c4cnc(N)c(C#N)c4)cc3)C2)c(C)c2cccc(F)c21. The number of aromatic nitrogens is 2. The molecule has 2 atom stereocenters. The Balaban J connectivity index is 1.25. The van der Waals surface area contributed by atoms with Gasteiger partial charge in [-0.3, -0.25) is 4.79 Å². The number of halogens is 1. The first-order chi connectivity index (χ1) is 20.8. The number of pyridine rings is 1. The highest BCUT2D eigenvalue weighted by molar-refractivity contribution is 5.86. The maximum atomic E-state index is 15.0. The molecule has 2 aromatic heterocycles. The van der Waals surface area contributed by atoms with Crippen LogP contribution >= 0.6 is 0 Å². The van der Waals surface area contributed by atoms with Crippen LogP contribution in [0.5, 0.6) is 0 Å². The fraction of sp³-hybridized carbons (Fsp3) is 0.382. The van der Waals surface area contributed by atoms with Gasteiger partial charge in [-0.2, -0.15) is 5.26 Å². The molecule has 2 aromatic carbocycles. The number of para-hydroxylation sites is 1. The van der Waals surface area contributed by atoms with E-state index in [4.69, 9.17) is 16.2 Å². The number of anilines is 1. The molecule has 8 nitrogen and oxygen atoms in total. The summed E-state index contributed by atoms with van der Waals surface area (Å²) in [7, 11) is 1.68. The molecular weight excluding hydrogens is 543 g/mol. The van der Waals surface area contributed by atoms with Crippen LogP contribution in [0.3, 0.4) is 0 Å². The molecule has 0 bridgehead atoms. The van der Waals surface area contributed by atoms with Crippen LogP contribution in [0.4, 0.5) is 10.2 Å². The number of hydrogen-bond acceptors (Lipinski definition) is 6. The first-order valence-corrected chi connectivity index (χ1v) is 14.8. The van der Waals surface area contributed by atoms with Crippen molar-refractivity contribution in [3.63, 3.8) is 0 Å². The van der Waals surface area contributed by atoms with Crippen molar-refractivity contribution >= 4 is 22.6 Å². The summed E-state index contributed by atoms with van der Waals surface area (Å²) in [6, 6.07) is 16.6. The summed E-state index contributed by atoms with van der Waals surface area (Å²) >= 11 is 0. The van der Waals surface area contributed by atoms with Gasteiger partial charge in [0.25, 0.3) is 0 Å². The van der Waals surface area contributed by atoms with Gasteiger partial charge in [-0.05, 0) is 61.4 Å². The zero-order valence-electron chi connectivity index (χ0n) is 24.9. The molecule has 2 unspecified atom stereocenters. The molecule has 1 amide bonds. The lowest BCUT2D eigenvalue weighted by molar-refractivity contribution is -0.132. The number of nitrogen functional groups attached to an aromatic ring is 1. The number of hydrogen-bond donors (Lipinski definition) is 2. The van der Waals surface area contributed by atoms with E-state index < -0.39 is 0 Å². The number of piperidine rings is 1. The average Bonchev–Trinajstić information content (AvgIpc) is 3.30. The smallest absolute Gasteiger partial charge is 0.224 e. The number of amides is 1. The minimum Gasteiger partial charge on any atom is -0.385 e. The summed E-state index contributed by atoms with van der Waals surface area (Å²) in [4.78, 5) is 19.5. The Morgan fingerprint density at radius 1 is 1.23 bits per heavy atom. The highest BCUT2D eigenvalue weighted by Gasteiger charge is 2.30.